The van der Waals surface area contributed by atoms with Gasteiger partial charge >= 0.3 is 0 Å². The molecule has 1 aromatic rings. The summed E-state index contributed by atoms with van der Waals surface area (Å²) in [6, 6.07) is 8.18. The zero-order valence-electron chi connectivity index (χ0n) is 11.7. The van der Waals surface area contributed by atoms with Crippen molar-refractivity contribution in [3.8, 4) is 11.5 Å². The third-order valence-electron chi connectivity index (χ3n) is 3.46. The topological polar surface area (TPSA) is 50.7 Å². The van der Waals surface area contributed by atoms with Crippen LogP contribution < -0.4 is 14.8 Å². The van der Waals surface area contributed by atoms with Crippen molar-refractivity contribution in [1.29, 1.82) is 0 Å². The van der Waals surface area contributed by atoms with Crippen molar-refractivity contribution in [2.75, 3.05) is 20.3 Å². The van der Waals surface area contributed by atoms with Crippen LogP contribution in [0.2, 0.25) is 0 Å². The Morgan fingerprint density at radius 1 is 1.32 bits per heavy atom. The van der Waals surface area contributed by atoms with Crippen molar-refractivity contribution >= 4 is 0 Å². The Morgan fingerprint density at radius 2 is 2.00 bits per heavy atom. The van der Waals surface area contributed by atoms with Crippen LogP contribution in [0.5, 0.6) is 11.5 Å². The molecule has 0 saturated heterocycles. The summed E-state index contributed by atoms with van der Waals surface area (Å²) in [5, 5.41) is 13.0. The first kappa shape index (κ1) is 14.2. The molecule has 1 saturated carbocycles. The Hall–Kier alpha value is -1.26. The lowest BCUT2D eigenvalue weighted by atomic mass is 9.99. The van der Waals surface area contributed by atoms with E-state index in [1.54, 1.807) is 7.11 Å². The average Bonchev–Trinajstić information content (AvgIpc) is 3.23. The lowest BCUT2D eigenvalue weighted by Gasteiger charge is -2.29. The number of aliphatic hydroxyl groups excluding tert-OH is 1. The minimum atomic E-state index is -0.261. The van der Waals surface area contributed by atoms with Crippen LogP contribution in [0.15, 0.2) is 24.3 Å². The SMILES string of the molecule is COc1ccccc1OCCC(C)(CO)NC1CC1. The molecule has 1 atom stereocenters. The third kappa shape index (κ3) is 4.11. The highest BCUT2D eigenvalue weighted by Crippen LogP contribution is 2.27. The lowest BCUT2D eigenvalue weighted by molar-refractivity contribution is 0.141. The van der Waals surface area contributed by atoms with Gasteiger partial charge in [0, 0.05) is 18.0 Å². The molecule has 1 fully saturated rings. The van der Waals surface area contributed by atoms with E-state index >= 15 is 0 Å². The Balaban J connectivity index is 1.84. The molecule has 0 aliphatic heterocycles. The molecule has 0 heterocycles. The zero-order chi connectivity index (χ0) is 13.7. The number of nitrogens with one attached hydrogen (secondary N) is 1. The Morgan fingerprint density at radius 3 is 2.58 bits per heavy atom. The van der Waals surface area contributed by atoms with Crippen LogP contribution in [0.3, 0.4) is 0 Å². The normalized spacial score (nSPS) is 17.8. The second-order valence-electron chi connectivity index (χ2n) is 5.39. The monoisotopic (exact) mass is 265 g/mol. The van der Waals surface area contributed by atoms with E-state index < -0.39 is 0 Å². The Bertz CT molecular complexity index is 406. The molecule has 0 spiro atoms. The number of hydrogen-bond donors (Lipinski definition) is 2. The molecule has 1 aromatic carbocycles. The van der Waals surface area contributed by atoms with E-state index in [9.17, 15) is 5.11 Å². The first-order valence-electron chi connectivity index (χ1n) is 6.81. The fourth-order valence-corrected chi connectivity index (χ4v) is 2.04. The minimum absolute atomic E-state index is 0.124. The maximum Gasteiger partial charge on any atom is 0.161 e. The van der Waals surface area contributed by atoms with Gasteiger partial charge in [0.1, 0.15) is 0 Å². The Kier molecular flexibility index (Phi) is 4.66. The van der Waals surface area contributed by atoms with Gasteiger partial charge in [-0.15, -0.1) is 0 Å². The standard InChI is InChI=1S/C15H23NO3/c1-15(11-17,16-12-7-8-12)9-10-19-14-6-4-3-5-13(14)18-2/h3-6,12,16-17H,7-11H2,1-2H3. The molecule has 0 aromatic heterocycles. The van der Waals surface area contributed by atoms with Gasteiger partial charge in [-0.1, -0.05) is 12.1 Å². The summed E-state index contributed by atoms with van der Waals surface area (Å²) in [5.74, 6) is 1.49. The van der Waals surface area contributed by atoms with Gasteiger partial charge in [0.15, 0.2) is 11.5 Å². The highest BCUT2D eigenvalue weighted by atomic mass is 16.5. The quantitative estimate of drug-likeness (QED) is 0.754. The van der Waals surface area contributed by atoms with Crippen LogP contribution in [0.25, 0.3) is 0 Å². The largest absolute Gasteiger partial charge is 0.493 e. The molecule has 2 rings (SSSR count). The van der Waals surface area contributed by atoms with Crippen molar-refractivity contribution in [1.82, 2.24) is 5.32 Å². The number of para-hydroxylation sites is 2. The van der Waals surface area contributed by atoms with Crippen molar-refractivity contribution in [3.05, 3.63) is 24.3 Å². The molecule has 1 aliphatic rings. The Labute approximate surface area is 114 Å². The molecule has 0 radical (unpaired) electrons. The molecule has 106 valence electrons. The maximum absolute atomic E-state index is 9.52. The summed E-state index contributed by atoms with van der Waals surface area (Å²) in [7, 11) is 1.63. The molecule has 2 N–H and O–H groups in total. The third-order valence-corrected chi connectivity index (χ3v) is 3.46. The molecular weight excluding hydrogens is 242 g/mol. The van der Waals surface area contributed by atoms with E-state index in [1.165, 1.54) is 12.8 Å². The summed E-state index contributed by atoms with van der Waals surface area (Å²) < 4.78 is 11.0. The molecule has 1 unspecified atom stereocenters. The fraction of sp³-hybridized carbons (Fsp3) is 0.600. The van der Waals surface area contributed by atoms with Crippen molar-refractivity contribution < 1.29 is 14.6 Å². The zero-order valence-corrected chi connectivity index (χ0v) is 11.7. The van der Waals surface area contributed by atoms with E-state index in [0.29, 0.717) is 12.6 Å². The maximum atomic E-state index is 9.52. The van der Waals surface area contributed by atoms with Gasteiger partial charge in [0.05, 0.1) is 20.3 Å². The first-order chi connectivity index (χ1) is 9.17. The number of aliphatic hydroxyl groups is 1. The molecule has 19 heavy (non-hydrogen) atoms. The van der Waals surface area contributed by atoms with Crippen molar-refractivity contribution in [2.24, 2.45) is 0 Å². The summed E-state index contributed by atoms with van der Waals surface area (Å²) in [6.45, 7) is 2.72. The highest BCUT2D eigenvalue weighted by molar-refractivity contribution is 5.39. The molecule has 4 heteroatoms. The number of ether oxygens (including phenoxy) is 2. The van der Waals surface area contributed by atoms with Crippen LogP contribution in [-0.2, 0) is 0 Å². The number of rotatable bonds is 8. The predicted molar refractivity (Wildman–Crippen MR) is 74.8 cm³/mol. The van der Waals surface area contributed by atoms with Crippen LogP contribution in [0, 0.1) is 0 Å². The van der Waals surface area contributed by atoms with Crippen LogP contribution in [-0.4, -0.2) is 37.0 Å². The number of methoxy groups -OCH3 is 1. The van der Waals surface area contributed by atoms with Crippen LogP contribution in [0.1, 0.15) is 26.2 Å². The molecule has 0 bridgehead atoms. The van der Waals surface area contributed by atoms with Crippen molar-refractivity contribution in [2.45, 2.75) is 37.8 Å². The van der Waals surface area contributed by atoms with Gasteiger partial charge in [0.2, 0.25) is 0 Å². The number of hydrogen-bond acceptors (Lipinski definition) is 4. The summed E-state index contributed by atoms with van der Waals surface area (Å²) in [5.41, 5.74) is -0.261. The van der Waals surface area contributed by atoms with Crippen molar-refractivity contribution in [3.63, 3.8) is 0 Å². The van der Waals surface area contributed by atoms with Gasteiger partial charge in [-0.05, 0) is 31.9 Å². The van der Waals surface area contributed by atoms with Crippen LogP contribution in [0.4, 0.5) is 0 Å². The van der Waals surface area contributed by atoms with Gasteiger partial charge in [-0.25, -0.2) is 0 Å². The molecule has 4 nitrogen and oxygen atoms in total. The summed E-state index contributed by atoms with van der Waals surface area (Å²) in [6.07, 6.45) is 3.18. The predicted octanol–water partition coefficient (Wildman–Crippen LogP) is 1.97. The van der Waals surface area contributed by atoms with Gasteiger partial charge in [-0.3, -0.25) is 0 Å². The molecule has 1 aliphatic carbocycles. The van der Waals surface area contributed by atoms with Gasteiger partial charge < -0.3 is 19.9 Å². The minimum Gasteiger partial charge on any atom is -0.493 e. The second-order valence-corrected chi connectivity index (χ2v) is 5.39. The van der Waals surface area contributed by atoms with Gasteiger partial charge in [0.25, 0.3) is 0 Å². The smallest absolute Gasteiger partial charge is 0.161 e. The summed E-state index contributed by atoms with van der Waals surface area (Å²) >= 11 is 0. The van der Waals surface area contributed by atoms with Gasteiger partial charge in [-0.2, -0.15) is 0 Å². The van der Waals surface area contributed by atoms with E-state index in [4.69, 9.17) is 9.47 Å². The van der Waals surface area contributed by atoms with E-state index in [-0.39, 0.29) is 12.1 Å². The van der Waals surface area contributed by atoms with Crippen LogP contribution >= 0.6 is 0 Å². The van der Waals surface area contributed by atoms with E-state index in [2.05, 4.69) is 5.32 Å². The first-order valence-corrected chi connectivity index (χ1v) is 6.81. The second kappa shape index (κ2) is 6.26. The molecular formula is C15H23NO3. The number of benzene rings is 1. The van der Waals surface area contributed by atoms with E-state index in [0.717, 1.165) is 17.9 Å². The highest BCUT2D eigenvalue weighted by Gasteiger charge is 2.31. The lowest BCUT2D eigenvalue weighted by Crippen LogP contribution is -2.48. The van der Waals surface area contributed by atoms with E-state index in [1.807, 2.05) is 31.2 Å². The average molecular weight is 265 g/mol. The molecule has 0 amide bonds. The summed E-state index contributed by atoms with van der Waals surface area (Å²) in [4.78, 5) is 0. The fourth-order valence-electron chi connectivity index (χ4n) is 2.04.